The molecule has 3 aromatic rings. The summed E-state index contributed by atoms with van der Waals surface area (Å²) in [7, 11) is 1.45. The summed E-state index contributed by atoms with van der Waals surface area (Å²) in [5.41, 5.74) is 1.83. The summed E-state index contributed by atoms with van der Waals surface area (Å²) < 4.78 is 24.1. The normalized spacial score (nSPS) is 14.8. The molecular formula is C32H36N2O7S. The van der Waals surface area contributed by atoms with Crippen LogP contribution in [0.2, 0.25) is 0 Å². The van der Waals surface area contributed by atoms with Gasteiger partial charge in [-0.1, -0.05) is 56.7 Å². The number of aromatic nitrogens is 1. The van der Waals surface area contributed by atoms with Crippen LogP contribution in [0.25, 0.3) is 6.08 Å². The molecule has 1 atom stereocenters. The maximum absolute atomic E-state index is 13.9. The molecule has 0 bridgehead atoms. The van der Waals surface area contributed by atoms with E-state index in [2.05, 4.69) is 11.9 Å². The van der Waals surface area contributed by atoms with Crippen LogP contribution in [0, 0.1) is 5.92 Å². The number of nitrogens with zero attached hydrogens (tertiary/aromatic N) is 2. The van der Waals surface area contributed by atoms with Crippen molar-refractivity contribution in [2.24, 2.45) is 10.9 Å². The van der Waals surface area contributed by atoms with Gasteiger partial charge < -0.3 is 18.9 Å². The molecule has 0 amide bonds. The topological polar surface area (TPSA) is 105 Å². The fourth-order valence-corrected chi connectivity index (χ4v) is 5.50. The van der Waals surface area contributed by atoms with Crippen LogP contribution in [0.3, 0.4) is 0 Å². The van der Waals surface area contributed by atoms with E-state index in [4.69, 9.17) is 18.9 Å². The predicted molar refractivity (Wildman–Crippen MR) is 161 cm³/mol. The number of unbranched alkanes of at least 4 members (excludes halogenated alkanes) is 1. The summed E-state index contributed by atoms with van der Waals surface area (Å²) >= 11 is 1.24. The molecule has 0 aliphatic carbocycles. The number of methoxy groups -OCH3 is 1. The average Bonchev–Trinajstić information content (AvgIpc) is 3.25. The monoisotopic (exact) mass is 592 g/mol. The standard InChI is InChI=1S/C32H36N2O7S/c1-7-8-15-39-24-12-9-22(10-13-24)16-27-30(36)34-29(23-11-14-25(41-21(5)35)26(17-23)38-6)28(20(4)33-32(34)42-27)31(37)40-18-19(2)3/h9-14,16-17,19,29H,7-8,15,18H2,1-6H3/b27-16-/t29-/m1/s1. The van der Waals surface area contributed by atoms with Gasteiger partial charge in [0.1, 0.15) is 5.75 Å². The van der Waals surface area contributed by atoms with Gasteiger partial charge in [-0.2, -0.15) is 0 Å². The van der Waals surface area contributed by atoms with Crippen molar-refractivity contribution in [3.8, 4) is 17.2 Å². The number of carbonyl (C=O) groups is 2. The molecule has 0 radical (unpaired) electrons. The first kappa shape index (κ1) is 30.8. The number of carbonyl (C=O) groups excluding carboxylic acids is 2. The lowest BCUT2D eigenvalue weighted by atomic mass is 9.95. The molecule has 0 saturated heterocycles. The van der Waals surface area contributed by atoms with E-state index in [1.54, 1.807) is 31.2 Å². The molecule has 0 N–H and O–H groups in total. The van der Waals surface area contributed by atoms with Gasteiger partial charge in [0.15, 0.2) is 16.3 Å². The van der Waals surface area contributed by atoms with Crippen molar-refractivity contribution in [2.45, 2.75) is 53.5 Å². The fourth-order valence-electron chi connectivity index (χ4n) is 4.46. The van der Waals surface area contributed by atoms with Gasteiger partial charge in [0, 0.05) is 6.92 Å². The number of thiazole rings is 1. The minimum Gasteiger partial charge on any atom is -0.494 e. The fraction of sp³-hybridized carbons (Fsp3) is 0.375. The van der Waals surface area contributed by atoms with E-state index in [1.165, 1.54) is 29.9 Å². The molecule has 42 heavy (non-hydrogen) atoms. The van der Waals surface area contributed by atoms with E-state index in [-0.39, 0.29) is 35.2 Å². The van der Waals surface area contributed by atoms with Crippen LogP contribution in [0.4, 0.5) is 0 Å². The third-order valence-electron chi connectivity index (χ3n) is 6.49. The Bertz CT molecular complexity index is 1670. The molecule has 0 unspecified atom stereocenters. The molecule has 10 heteroatoms. The molecule has 0 saturated carbocycles. The Labute approximate surface area is 248 Å². The summed E-state index contributed by atoms with van der Waals surface area (Å²) in [5.74, 6) is 0.368. The van der Waals surface area contributed by atoms with Gasteiger partial charge in [-0.15, -0.1) is 0 Å². The molecular weight excluding hydrogens is 556 g/mol. The van der Waals surface area contributed by atoms with Crippen LogP contribution >= 0.6 is 11.3 Å². The number of hydrogen-bond acceptors (Lipinski definition) is 9. The van der Waals surface area contributed by atoms with E-state index >= 15 is 0 Å². The Kier molecular flexibility index (Phi) is 10.0. The van der Waals surface area contributed by atoms with Crippen molar-refractivity contribution in [1.82, 2.24) is 4.57 Å². The number of esters is 2. The van der Waals surface area contributed by atoms with Crippen molar-refractivity contribution in [3.63, 3.8) is 0 Å². The van der Waals surface area contributed by atoms with Gasteiger partial charge in [0.25, 0.3) is 5.56 Å². The van der Waals surface area contributed by atoms with Gasteiger partial charge in [-0.3, -0.25) is 14.2 Å². The van der Waals surface area contributed by atoms with Crippen LogP contribution in [0.15, 0.2) is 63.5 Å². The van der Waals surface area contributed by atoms with E-state index in [0.29, 0.717) is 27.2 Å². The Hall–Kier alpha value is -4.18. The highest BCUT2D eigenvalue weighted by molar-refractivity contribution is 7.07. The maximum atomic E-state index is 13.9. The van der Waals surface area contributed by atoms with E-state index in [0.717, 1.165) is 24.2 Å². The summed E-state index contributed by atoms with van der Waals surface area (Å²) in [6, 6.07) is 11.7. The summed E-state index contributed by atoms with van der Waals surface area (Å²) in [5, 5.41) is 0. The molecule has 0 fully saturated rings. The lowest BCUT2D eigenvalue weighted by molar-refractivity contribution is -0.140. The van der Waals surface area contributed by atoms with Crippen LogP contribution < -0.4 is 29.1 Å². The molecule has 2 heterocycles. The number of allylic oxidation sites excluding steroid dienone is 1. The minimum atomic E-state index is -0.835. The Morgan fingerprint density at radius 1 is 1.12 bits per heavy atom. The number of rotatable bonds is 11. The van der Waals surface area contributed by atoms with Crippen molar-refractivity contribution in [1.29, 1.82) is 0 Å². The SMILES string of the molecule is CCCCOc1ccc(/C=c2\sc3n(c2=O)[C@H](c2ccc(OC(C)=O)c(OC)c2)C(C(=O)OCC(C)C)=C(C)N=3)cc1. The molecule has 1 aromatic heterocycles. The second-order valence-electron chi connectivity index (χ2n) is 10.3. The molecule has 0 spiro atoms. The number of fused-ring (bicyclic) bond motifs is 1. The van der Waals surface area contributed by atoms with Crippen LogP contribution in [-0.4, -0.2) is 36.8 Å². The van der Waals surface area contributed by atoms with E-state index in [1.807, 2.05) is 38.1 Å². The highest BCUT2D eigenvalue weighted by atomic mass is 32.1. The second-order valence-corrected chi connectivity index (χ2v) is 11.4. The van der Waals surface area contributed by atoms with Gasteiger partial charge >= 0.3 is 11.9 Å². The molecule has 2 aromatic carbocycles. The average molecular weight is 593 g/mol. The zero-order valence-electron chi connectivity index (χ0n) is 24.8. The smallest absolute Gasteiger partial charge is 0.338 e. The van der Waals surface area contributed by atoms with Gasteiger partial charge in [0.2, 0.25) is 0 Å². The van der Waals surface area contributed by atoms with Crippen molar-refractivity contribution in [2.75, 3.05) is 20.3 Å². The number of benzene rings is 2. The maximum Gasteiger partial charge on any atom is 0.338 e. The Balaban J connectivity index is 1.82. The quantitative estimate of drug-likeness (QED) is 0.183. The first-order valence-electron chi connectivity index (χ1n) is 13.9. The molecule has 1 aliphatic rings. The Morgan fingerprint density at radius 3 is 2.50 bits per heavy atom. The number of ether oxygens (including phenoxy) is 4. The van der Waals surface area contributed by atoms with E-state index in [9.17, 15) is 14.4 Å². The lowest BCUT2D eigenvalue weighted by Gasteiger charge is -2.25. The highest BCUT2D eigenvalue weighted by Gasteiger charge is 2.34. The Morgan fingerprint density at radius 2 is 1.86 bits per heavy atom. The largest absolute Gasteiger partial charge is 0.494 e. The summed E-state index contributed by atoms with van der Waals surface area (Å²) in [6.07, 6.45) is 3.84. The highest BCUT2D eigenvalue weighted by Crippen LogP contribution is 2.36. The van der Waals surface area contributed by atoms with Gasteiger partial charge in [0.05, 0.1) is 42.2 Å². The van der Waals surface area contributed by atoms with Gasteiger partial charge in [-0.05, 0) is 60.7 Å². The minimum absolute atomic E-state index is 0.126. The molecule has 222 valence electrons. The zero-order chi connectivity index (χ0) is 30.4. The van der Waals surface area contributed by atoms with Crippen molar-refractivity contribution < 1.29 is 28.5 Å². The third kappa shape index (κ3) is 6.99. The molecule has 1 aliphatic heterocycles. The third-order valence-corrected chi connectivity index (χ3v) is 7.47. The second kappa shape index (κ2) is 13.7. The summed E-state index contributed by atoms with van der Waals surface area (Å²) in [4.78, 5) is 44.1. The summed E-state index contributed by atoms with van der Waals surface area (Å²) in [6.45, 7) is 9.92. The first-order valence-corrected chi connectivity index (χ1v) is 14.7. The van der Waals surface area contributed by atoms with Crippen molar-refractivity contribution >= 4 is 29.4 Å². The molecule has 9 nitrogen and oxygen atoms in total. The molecule has 4 rings (SSSR count). The predicted octanol–water partition coefficient (Wildman–Crippen LogP) is 4.55. The van der Waals surface area contributed by atoms with E-state index < -0.39 is 18.0 Å². The van der Waals surface area contributed by atoms with Crippen molar-refractivity contribution in [3.05, 3.63) is 84.5 Å². The zero-order valence-corrected chi connectivity index (χ0v) is 25.6. The van der Waals surface area contributed by atoms with Gasteiger partial charge in [-0.25, -0.2) is 9.79 Å². The first-order chi connectivity index (χ1) is 20.1. The van der Waals surface area contributed by atoms with Crippen LogP contribution in [0.1, 0.15) is 64.6 Å². The van der Waals surface area contributed by atoms with Crippen LogP contribution in [-0.2, 0) is 14.3 Å². The lowest BCUT2D eigenvalue weighted by Crippen LogP contribution is -2.40. The number of hydrogen-bond donors (Lipinski definition) is 0. The van der Waals surface area contributed by atoms with Crippen LogP contribution in [0.5, 0.6) is 17.2 Å².